The third kappa shape index (κ3) is 4.19. The maximum absolute atomic E-state index is 12.7. The number of rotatable bonds is 8. The average molecular weight is 416 g/mol. The molecule has 0 aromatic carbocycles. The van der Waals surface area contributed by atoms with Gasteiger partial charge >= 0.3 is 11.9 Å². The van der Waals surface area contributed by atoms with Gasteiger partial charge in [0.05, 0.1) is 20.0 Å². The fourth-order valence-electron chi connectivity index (χ4n) is 6.82. The number of methoxy groups -OCH3 is 1. The molecule has 0 amide bonds. The van der Waals surface area contributed by atoms with E-state index in [1.54, 1.807) is 0 Å². The van der Waals surface area contributed by atoms with Crippen molar-refractivity contribution in [3.8, 4) is 0 Å². The summed E-state index contributed by atoms with van der Waals surface area (Å²) >= 11 is 0. The van der Waals surface area contributed by atoms with E-state index in [1.165, 1.54) is 26.4 Å². The van der Waals surface area contributed by atoms with E-state index in [0.717, 1.165) is 48.4 Å². The Bertz CT molecular complexity index is 817. The first-order valence-electron chi connectivity index (χ1n) is 11.2. The summed E-state index contributed by atoms with van der Waals surface area (Å²) in [5.41, 5.74) is 2.37. The third-order valence-corrected chi connectivity index (χ3v) is 7.69. The first-order valence-corrected chi connectivity index (χ1v) is 11.2. The Hall–Kier alpha value is -2.11. The standard InChI is InChI=1S/C24H33NO5/c1-15-6-20(16(2)25(15)5-4-22(27)29-3)21(26)14-30-23(28)13-24-10-17-7-18(11-24)9-19(8-17)12-24/h6,17-19H,4-5,7-14H2,1-3H3. The highest BCUT2D eigenvalue weighted by Crippen LogP contribution is 2.61. The van der Waals surface area contributed by atoms with Crippen LogP contribution in [0.5, 0.6) is 0 Å². The van der Waals surface area contributed by atoms with Crippen LogP contribution in [-0.2, 0) is 25.6 Å². The lowest BCUT2D eigenvalue weighted by Gasteiger charge is -2.56. The van der Waals surface area contributed by atoms with E-state index in [-0.39, 0.29) is 36.2 Å². The lowest BCUT2D eigenvalue weighted by atomic mass is 9.49. The summed E-state index contributed by atoms with van der Waals surface area (Å²) in [5, 5.41) is 0. The van der Waals surface area contributed by atoms with Crippen molar-refractivity contribution in [2.45, 2.75) is 71.8 Å². The molecule has 6 heteroatoms. The Morgan fingerprint density at radius 1 is 1.03 bits per heavy atom. The zero-order chi connectivity index (χ0) is 21.5. The second-order valence-corrected chi connectivity index (χ2v) is 9.94. The highest BCUT2D eigenvalue weighted by Gasteiger charge is 2.51. The van der Waals surface area contributed by atoms with Crippen LogP contribution in [-0.4, -0.2) is 36.0 Å². The van der Waals surface area contributed by atoms with Crippen molar-refractivity contribution < 1.29 is 23.9 Å². The summed E-state index contributed by atoms with van der Waals surface area (Å²) in [6, 6.07) is 1.81. The van der Waals surface area contributed by atoms with Gasteiger partial charge in [-0.25, -0.2) is 0 Å². The number of nitrogens with zero attached hydrogens (tertiary/aromatic N) is 1. The lowest BCUT2D eigenvalue weighted by Crippen LogP contribution is -2.47. The van der Waals surface area contributed by atoms with Gasteiger partial charge in [0.1, 0.15) is 0 Å². The lowest BCUT2D eigenvalue weighted by molar-refractivity contribution is -0.150. The molecular weight excluding hydrogens is 382 g/mol. The van der Waals surface area contributed by atoms with Gasteiger partial charge in [-0.15, -0.1) is 0 Å². The molecule has 0 atom stereocenters. The molecule has 4 aliphatic rings. The maximum Gasteiger partial charge on any atom is 0.307 e. The largest absolute Gasteiger partial charge is 0.469 e. The maximum atomic E-state index is 12.7. The minimum Gasteiger partial charge on any atom is -0.469 e. The van der Waals surface area contributed by atoms with Crippen molar-refractivity contribution in [3.63, 3.8) is 0 Å². The first kappa shape index (κ1) is 21.1. The summed E-state index contributed by atoms with van der Waals surface area (Å²) in [7, 11) is 1.37. The van der Waals surface area contributed by atoms with Crippen molar-refractivity contribution >= 4 is 17.7 Å². The number of aryl methyl sites for hydroxylation is 1. The van der Waals surface area contributed by atoms with Gasteiger partial charge in [0, 0.05) is 23.5 Å². The van der Waals surface area contributed by atoms with Crippen molar-refractivity contribution in [2.75, 3.05) is 13.7 Å². The van der Waals surface area contributed by atoms with Crippen LogP contribution in [0.1, 0.15) is 73.1 Å². The van der Waals surface area contributed by atoms with Crippen LogP contribution in [0.15, 0.2) is 6.07 Å². The summed E-state index contributed by atoms with van der Waals surface area (Å²) in [5.74, 6) is 1.67. The van der Waals surface area contributed by atoms with E-state index in [1.807, 2.05) is 24.5 Å². The Kier molecular flexibility index (Phi) is 5.78. The Morgan fingerprint density at radius 3 is 2.20 bits per heavy atom. The molecule has 0 unspecified atom stereocenters. The molecule has 0 saturated heterocycles. The van der Waals surface area contributed by atoms with Gasteiger partial charge in [-0.05, 0) is 81.6 Å². The number of Topliss-reactive ketones (excluding diaryl/α,β-unsaturated/α-hetero) is 1. The van der Waals surface area contributed by atoms with Gasteiger partial charge in [-0.1, -0.05) is 0 Å². The van der Waals surface area contributed by atoms with E-state index in [9.17, 15) is 14.4 Å². The van der Waals surface area contributed by atoms with Crippen LogP contribution in [0.2, 0.25) is 0 Å². The molecule has 0 N–H and O–H groups in total. The topological polar surface area (TPSA) is 74.6 Å². The molecule has 0 radical (unpaired) electrons. The molecule has 1 aromatic heterocycles. The van der Waals surface area contributed by atoms with E-state index in [0.29, 0.717) is 18.5 Å². The molecule has 1 heterocycles. The molecule has 4 bridgehead atoms. The van der Waals surface area contributed by atoms with E-state index in [2.05, 4.69) is 0 Å². The predicted molar refractivity (Wildman–Crippen MR) is 111 cm³/mol. The number of carbonyl (C=O) groups excluding carboxylic acids is 3. The number of carbonyl (C=O) groups is 3. The molecule has 5 rings (SSSR count). The van der Waals surface area contributed by atoms with Crippen molar-refractivity contribution in [3.05, 3.63) is 23.0 Å². The first-order chi connectivity index (χ1) is 14.3. The molecular formula is C24H33NO5. The second-order valence-electron chi connectivity index (χ2n) is 9.94. The van der Waals surface area contributed by atoms with E-state index < -0.39 is 0 Å². The molecule has 0 aliphatic heterocycles. The highest BCUT2D eigenvalue weighted by atomic mass is 16.5. The minimum atomic E-state index is -0.283. The Morgan fingerprint density at radius 2 is 1.63 bits per heavy atom. The molecule has 164 valence electrons. The number of aromatic nitrogens is 1. The molecule has 1 aromatic rings. The number of ketones is 1. The smallest absolute Gasteiger partial charge is 0.307 e. The van der Waals surface area contributed by atoms with Crippen molar-refractivity contribution in [1.82, 2.24) is 4.57 Å². The second kappa shape index (κ2) is 8.20. The zero-order valence-corrected chi connectivity index (χ0v) is 18.4. The van der Waals surface area contributed by atoms with Crippen LogP contribution >= 0.6 is 0 Å². The fraction of sp³-hybridized carbons (Fsp3) is 0.708. The summed E-state index contributed by atoms with van der Waals surface area (Å²) in [6.07, 6.45) is 8.22. The van der Waals surface area contributed by atoms with Crippen LogP contribution in [0.3, 0.4) is 0 Å². The number of ether oxygens (including phenoxy) is 2. The molecule has 6 nitrogen and oxygen atoms in total. The van der Waals surface area contributed by atoms with Gasteiger partial charge < -0.3 is 14.0 Å². The van der Waals surface area contributed by atoms with E-state index in [4.69, 9.17) is 9.47 Å². The van der Waals surface area contributed by atoms with Crippen molar-refractivity contribution in [1.29, 1.82) is 0 Å². The Balaban J connectivity index is 1.32. The van der Waals surface area contributed by atoms with Crippen LogP contribution < -0.4 is 0 Å². The molecule has 4 aliphatic carbocycles. The van der Waals surface area contributed by atoms with Gasteiger partial charge in [0.2, 0.25) is 5.78 Å². The monoisotopic (exact) mass is 415 g/mol. The van der Waals surface area contributed by atoms with Gasteiger partial charge in [-0.3, -0.25) is 14.4 Å². The third-order valence-electron chi connectivity index (χ3n) is 7.69. The predicted octanol–water partition coefficient (Wildman–Crippen LogP) is 4.00. The summed E-state index contributed by atoms with van der Waals surface area (Å²) in [4.78, 5) is 36.7. The molecule has 30 heavy (non-hydrogen) atoms. The van der Waals surface area contributed by atoms with Crippen LogP contribution in [0.25, 0.3) is 0 Å². The summed E-state index contributed by atoms with van der Waals surface area (Å²) < 4.78 is 12.1. The molecule has 4 saturated carbocycles. The number of esters is 2. The number of hydrogen-bond donors (Lipinski definition) is 0. The van der Waals surface area contributed by atoms with Gasteiger partial charge in [0.25, 0.3) is 0 Å². The van der Waals surface area contributed by atoms with Crippen LogP contribution in [0, 0.1) is 37.0 Å². The average Bonchev–Trinajstić information content (AvgIpc) is 2.96. The molecule has 0 spiro atoms. The van der Waals surface area contributed by atoms with E-state index >= 15 is 0 Å². The molecule has 4 fully saturated rings. The fourth-order valence-corrected chi connectivity index (χ4v) is 6.82. The Labute approximate surface area is 178 Å². The number of hydrogen-bond acceptors (Lipinski definition) is 5. The summed E-state index contributed by atoms with van der Waals surface area (Å²) in [6.45, 7) is 4.00. The quantitative estimate of drug-likeness (QED) is 0.474. The van der Waals surface area contributed by atoms with Gasteiger partial charge in [-0.2, -0.15) is 0 Å². The van der Waals surface area contributed by atoms with Crippen LogP contribution in [0.4, 0.5) is 0 Å². The minimum absolute atomic E-state index is 0.124. The van der Waals surface area contributed by atoms with Gasteiger partial charge in [0.15, 0.2) is 6.61 Å². The normalized spacial score (nSPS) is 29.1. The SMILES string of the molecule is COC(=O)CCn1c(C)cc(C(=O)COC(=O)CC23CC4CC(CC(C4)C2)C3)c1C. The zero-order valence-electron chi connectivity index (χ0n) is 18.4. The highest BCUT2D eigenvalue weighted by molar-refractivity contribution is 5.99. The van der Waals surface area contributed by atoms with Crippen molar-refractivity contribution in [2.24, 2.45) is 23.2 Å².